The summed E-state index contributed by atoms with van der Waals surface area (Å²) >= 11 is 0. The first-order chi connectivity index (χ1) is 11.4. The normalized spacial score (nSPS) is 42.1. The number of ether oxygens (including phenoxy) is 1. The lowest BCUT2D eigenvalue weighted by atomic mass is 9.58. The first-order valence-corrected chi connectivity index (χ1v) is 9.81. The summed E-state index contributed by atoms with van der Waals surface area (Å²) in [5, 5.41) is 9.66. The summed E-state index contributed by atoms with van der Waals surface area (Å²) in [6.07, 6.45) is 7.09. The van der Waals surface area contributed by atoms with Gasteiger partial charge in [0.15, 0.2) is 0 Å². The number of fused-ring (bicyclic) bond motifs is 3. The lowest BCUT2D eigenvalue weighted by Gasteiger charge is -2.46. The van der Waals surface area contributed by atoms with E-state index >= 15 is 0 Å². The molecule has 0 aromatic rings. The van der Waals surface area contributed by atoms with Crippen LogP contribution in [0.5, 0.6) is 0 Å². The molecule has 4 heteroatoms. The molecule has 0 radical (unpaired) electrons. The maximum absolute atomic E-state index is 13.0. The van der Waals surface area contributed by atoms with Gasteiger partial charge in [-0.2, -0.15) is 0 Å². The summed E-state index contributed by atoms with van der Waals surface area (Å²) < 4.78 is 6.01. The van der Waals surface area contributed by atoms with Crippen LogP contribution in [-0.4, -0.2) is 23.1 Å². The standard InChI is InChI=1S/C20H32O4/c1-11(2)15-9-4-12(3)10-16(15)24-20(23)18-14-7-5-13(6-8-14)17(18)19(21)22/h11-18H,4-10H2,1-3H3,(H,21,22)/t12-,13?,14?,15+,16-,17+,18+/m1/s1. The molecular formula is C20H32O4. The molecule has 2 bridgehead atoms. The molecule has 4 rings (SSSR count). The highest BCUT2D eigenvalue weighted by molar-refractivity contribution is 5.82. The molecule has 0 aromatic carbocycles. The van der Waals surface area contributed by atoms with Crippen LogP contribution in [0.3, 0.4) is 0 Å². The zero-order valence-electron chi connectivity index (χ0n) is 15.2. The molecule has 4 saturated carbocycles. The Morgan fingerprint density at radius 3 is 2.08 bits per heavy atom. The minimum Gasteiger partial charge on any atom is -0.481 e. The van der Waals surface area contributed by atoms with Crippen molar-refractivity contribution < 1.29 is 19.4 Å². The largest absolute Gasteiger partial charge is 0.481 e. The first kappa shape index (κ1) is 17.8. The van der Waals surface area contributed by atoms with Crippen molar-refractivity contribution in [3.8, 4) is 0 Å². The number of carboxylic acids is 1. The Balaban J connectivity index is 1.73. The van der Waals surface area contributed by atoms with E-state index < -0.39 is 17.8 Å². The van der Waals surface area contributed by atoms with E-state index in [-0.39, 0.29) is 23.9 Å². The maximum atomic E-state index is 13.0. The van der Waals surface area contributed by atoms with Gasteiger partial charge in [0.1, 0.15) is 6.10 Å². The lowest BCUT2D eigenvalue weighted by Crippen LogP contribution is -2.49. The van der Waals surface area contributed by atoms with E-state index in [9.17, 15) is 14.7 Å². The van der Waals surface area contributed by atoms with Crippen LogP contribution >= 0.6 is 0 Å². The number of hydrogen-bond donors (Lipinski definition) is 1. The van der Waals surface area contributed by atoms with Crippen molar-refractivity contribution in [2.75, 3.05) is 0 Å². The topological polar surface area (TPSA) is 63.6 Å². The molecule has 5 atom stereocenters. The third-order valence-electron chi connectivity index (χ3n) is 7.01. The molecule has 0 aromatic heterocycles. The van der Waals surface area contributed by atoms with Crippen LogP contribution in [0.15, 0.2) is 0 Å². The predicted molar refractivity (Wildman–Crippen MR) is 91.3 cm³/mol. The van der Waals surface area contributed by atoms with Crippen molar-refractivity contribution in [3.05, 3.63) is 0 Å². The molecule has 24 heavy (non-hydrogen) atoms. The van der Waals surface area contributed by atoms with Crippen molar-refractivity contribution in [2.45, 2.75) is 71.8 Å². The van der Waals surface area contributed by atoms with E-state index in [1.165, 1.54) is 6.42 Å². The minimum absolute atomic E-state index is 0.0313. The highest BCUT2D eigenvalue weighted by Crippen LogP contribution is 2.50. The number of carbonyl (C=O) groups excluding carboxylic acids is 1. The Kier molecular flexibility index (Phi) is 5.22. The van der Waals surface area contributed by atoms with Crippen LogP contribution in [0.25, 0.3) is 0 Å². The molecule has 136 valence electrons. The number of carbonyl (C=O) groups is 2. The van der Waals surface area contributed by atoms with Crippen LogP contribution < -0.4 is 0 Å². The highest BCUT2D eigenvalue weighted by Gasteiger charge is 2.51. The summed E-state index contributed by atoms with van der Waals surface area (Å²) in [6.45, 7) is 6.62. The van der Waals surface area contributed by atoms with E-state index in [4.69, 9.17) is 4.74 Å². The van der Waals surface area contributed by atoms with Crippen molar-refractivity contribution >= 4 is 11.9 Å². The molecule has 0 aliphatic heterocycles. The summed E-state index contributed by atoms with van der Waals surface area (Å²) in [6, 6.07) is 0. The Hall–Kier alpha value is -1.06. The van der Waals surface area contributed by atoms with Crippen molar-refractivity contribution in [1.29, 1.82) is 0 Å². The van der Waals surface area contributed by atoms with Crippen molar-refractivity contribution in [2.24, 2.45) is 41.4 Å². The van der Waals surface area contributed by atoms with E-state index in [2.05, 4.69) is 20.8 Å². The molecule has 4 aliphatic rings. The third kappa shape index (κ3) is 3.34. The molecule has 0 saturated heterocycles. The van der Waals surface area contributed by atoms with E-state index in [1.807, 2.05) is 0 Å². The molecule has 1 N–H and O–H groups in total. The number of aliphatic carboxylic acids is 1. The molecule has 4 nitrogen and oxygen atoms in total. The number of rotatable bonds is 4. The zero-order chi connectivity index (χ0) is 17.4. The summed E-state index contributed by atoms with van der Waals surface area (Å²) in [5.74, 6) is -0.106. The molecule has 0 amide bonds. The average molecular weight is 336 g/mol. The quantitative estimate of drug-likeness (QED) is 0.784. The fraction of sp³-hybridized carbons (Fsp3) is 0.900. The molecule has 4 aliphatic carbocycles. The Morgan fingerprint density at radius 1 is 0.958 bits per heavy atom. The number of hydrogen-bond acceptors (Lipinski definition) is 3. The summed E-state index contributed by atoms with van der Waals surface area (Å²) in [4.78, 5) is 24.7. The van der Waals surface area contributed by atoms with Crippen LogP contribution in [0, 0.1) is 41.4 Å². The van der Waals surface area contributed by atoms with Gasteiger partial charge >= 0.3 is 11.9 Å². The molecular weight excluding hydrogens is 304 g/mol. The predicted octanol–water partition coefficient (Wildman–Crippen LogP) is 4.13. The number of esters is 1. The van der Waals surface area contributed by atoms with Gasteiger partial charge in [-0.25, -0.2) is 0 Å². The van der Waals surface area contributed by atoms with E-state index in [1.54, 1.807) is 0 Å². The average Bonchev–Trinajstić information content (AvgIpc) is 2.54. The number of carboxylic acid groups (broad SMARTS) is 1. The lowest BCUT2D eigenvalue weighted by molar-refractivity contribution is -0.178. The van der Waals surface area contributed by atoms with Crippen LogP contribution in [-0.2, 0) is 14.3 Å². The second kappa shape index (κ2) is 7.05. The van der Waals surface area contributed by atoms with Crippen molar-refractivity contribution in [1.82, 2.24) is 0 Å². The van der Waals surface area contributed by atoms with Gasteiger partial charge in [-0.3, -0.25) is 9.59 Å². The Morgan fingerprint density at radius 2 is 1.54 bits per heavy atom. The molecule has 4 fully saturated rings. The van der Waals surface area contributed by atoms with Gasteiger partial charge in [0.2, 0.25) is 0 Å². The van der Waals surface area contributed by atoms with Crippen molar-refractivity contribution in [3.63, 3.8) is 0 Å². The van der Waals surface area contributed by atoms with Crippen LogP contribution in [0.2, 0.25) is 0 Å². The molecule has 0 spiro atoms. The fourth-order valence-corrected chi connectivity index (χ4v) is 5.62. The fourth-order valence-electron chi connectivity index (χ4n) is 5.62. The SMILES string of the molecule is CC(C)[C@@H]1CC[C@@H](C)C[C@H]1OC(=O)[C@H]1C2CCC(CC2)[C@@H]1C(=O)O. The minimum atomic E-state index is -0.802. The van der Waals surface area contributed by atoms with E-state index in [0.717, 1.165) is 38.5 Å². The van der Waals surface area contributed by atoms with Gasteiger partial charge in [-0.05, 0) is 68.1 Å². The summed E-state index contributed by atoms with van der Waals surface area (Å²) in [5.41, 5.74) is 0. The Labute approximate surface area is 145 Å². The zero-order valence-corrected chi connectivity index (χ0v) is 15.2. The smallest absolute Gasteiger partial charge is 0.310 e. The van der Waals surface area contributed by atoms with Gasteiger partial charge in [-0.15, -0.1) is 0 Å². The summed E-state index contributed by atoms with van der Waals surface area (Å²) in [7, 11) is 0. The molecule has 0 heterocycles. The third-order valence-corrected chi connectivity index (χ3v) is 7.01. The maximum Gasteiger partial charge on any atom is 0.310 e. The second-order valence-corrected chi connectivity index (χ2v) is 8.87. The van der Waals surface area contributed by atoms with Gasteiger partial charge in [-0.1, -0.05) is 27.2 Å². The first-order valence-electron chi connectivity index (χ1n) is 9.81. The van der Waals surface area contributed by atoms with Gasteiger partial charge < -0.3 is 9.84 Å². The van der Waals surface area contributed by atoms with Gasteiger partial charge in [0.25, 0.3) is 0 Å². The van der Waals surface area contributed by atoms with Gasteiger partial charge in [0.05, 0.1) is 11.8 Å². The highest BCUT2D eigenvalue weighted by atomic mass is 16.5. The monoisotopic (exact) mass is 336 g/mol. The second-order valence-electron chi connectivity index (χ2n) is 8.87. The van der Waals surface area contributed by atoms with Crippen LogP contribution in [0.1, 0.15) is 65.7 Å². The van der Waals surface area contributed by atoms with Gasteiger partial charge in [0, 0.05) is 0 Å². The van der Waals surface area contributed by atoms with E-state index in [0.29, 0.717) is 17.8 Å². The Bertz CT molecular complexity index is 478. The van der Waals surface area contributed by atoms with Crippen LogP contribution in [0.4, 0.5) is 0 Å². The molecule has 0 unspecified atom stereocenters.